The Hall–Kier alpha value is -1.12. The minimum Gasteiger partial charge on any atom is -0.490 e. The second-order valence-corrected chi connectivity index (χ2v) is 6.55. The van der Waals surface area contributed by atoms with Crippen molar-refractivity contribution >= 4 is 0 Å². The fourth-order valence-electron chi connectivity index (χ4n) is 3.84. The second kappa shape index (κ2) is 6.76. The maximum atomic E-state index is 14.2. The average molecular weight is 294 g/mol. The Morgan fingerprint density at radius 1 is 0.905 bits per heavy atom. The topological polar surface area (TPSA) is 9.23 Å². The fraction of sp³-hybridized carbons (Fsp3) is 0.667. The maximum Gasteiger partial charge on any atom is 0.200 e. The van der Waals surface area contributed by atoms with Gasteiger partial charge < -0.3 is 4.74 Å². The van der Waals surface area contributed by atoms with Gasteiger partial charge in [0, 0.05) is 0 Å². The van der Waals surface area contributed by atoms with Crippen molar-refractivity contribution in [2.75, 3.05) is 6.61 Å². The first-order valence-corrected chi connectivity index (χ1v) is 8.36. The lowest BCUT2D eigenvalue weighted by Crippen LogP contribution is -2.07. The van der Waals surface area contributed by atoms with Gasteiger partial charge in [0.2, 0.25) is 5.82 Å². The molecule has 2 saturated carbocycles. The molecule has 0 spiro atoms. The van der Waals surface area contributed by atoms with Crippen LogP contribution in [0.4, 0.5) is 8.78 Å². The van der Waals surface area contributed by atoms with E-state index in [1.54, 1.807) is 12.1 Å². The number of benzene rings is 1. The standard InChI is InChI=1S/C18H24F2O/c19-17-15(14-7-3-4-8-14)9-10-16(18(17)20)21-12-11-13-5-1-2-6-13/h9-10,13-14H,1-8,11-12H2. The second-order valence-electron chi connectivity index (χ2n) is 6.55. The largest absolute Gasteiger partial charge is 0.490 e. The van der Waals surface area contributed by atoms with E-state index in [1.807, 2.05) is 0 Å². The molecule has 116 valence electrons. The predicted octanol–water partition coefficient (Wildman–Crippen LogP) is 5.58. The molecular weight excluding hydrogens is 270 g/mol. The van der Waals surface area contributed by atoms with Gasteiger partial charge in [0.1, 0.15) is 0 Å². The highest BCUT2D eigenvalue weighted by Gasteiger charge is 2.24. The van der Waals surface area contributed by atoms with Crippen LogP contribution in [0.15, 0.2) is 12.1 Å². The molecule has 1 aromatic rings. The SMILES string of the molecule is Fc1c(OCCC2CCCC2)ccc(C2CCCC2)c1F. The molecular formula is C18H24F2O. The van der Waals surface area contributed by atoms with Crippen molar-refractivity contribution in [1.82, 2.24) is 0 Å². The Labute approximate surface area is 125 Å². The molecule has 0 heterocycles. The molecule has 0 N–H and O–H groups in total. The summed E-state index contributed by atoms with van der Waals surface area (Å²) in [6.45, 7) is 0.490. The summed E-state index contributed by atoms with van der Waals surface area (Å²) in [5.41, 5.74) is 0.535. The molecule has 2 aliphatic carbocycles. The van der Waals surface area contributed by atoms with Crippen LogP contribution in [0, 0.1) is 17.6 Å². The zero-order chi connectivity index (χ0) is 14.7. The fourth-order valence-corrected chi connectivity index (χ4v) is 3.84. The molecule has 0 aliphatic heterocycles. The van der Waals surface area contributed by atoms with Crippen molar-refractivity contribution in [3.05, 3.63) is 29.3 Å². The average Bonchev–Trinajstić information content (AvgIpc) is 3.16. The predicted molar refractivity (Wildman–Crippen MR) is 79.6 cm³/mol. The van der Waals surface area contributed by atoms with Crippen LogP contribution in [0.25, 0.3) is 0 Å². The van der Waals surface area contributed by atoms with E-state index in [9.17, 15) is 8.78 Å². The van der Waals surface area contributed by atoms with Crippen LogP contribution in [0.1, 0.15) is 69.3 Å². The van der Waals surface area contributed by atoms with Crippen LogP contribution >= 0.6 is 0 Å². The molecule has 1 aromatic carbocycles. The monoisotopic (exact) mass is 294 g/mol. The summed E-state index contributed by atoms with van der Waals surface area (Å²) in [5.74, 6) is -0.527. The molecule has 0 saturated heterocycles. The van der Waals surface area contributed by atoms with Crippen molar-refractivity contribution < 1.29 is 13.5 Å². The van der Waals surface area contributed by atoms with Crippen molar-refractivity contribution in [3.63, 3.8) is 0 Å². The zero-order valence-electron chi connectivity index (χ0n) is 12.5. The van der Waals surface area contributed by atoms with E-state index in [4.69, 9.17) is 4.74 Å². The molecule has 1 nitrogen and oxygen atoms in total. The normalized spacial score (nSPS) is 20.3. The highest BCUT2D eigenvalue weighted by atomic mass is 19.2. The van der Waals surface area contributed by atoms with Gasteiger partial charge in [-0.1, -0.05) is 44.6 Å². The van der Waals surface area contributed by atoms with E-state index < -0.39 is 11.6 Å². The highest BCUT2D eigenvalue weighted by molar-refractivity contribution is 5.33. The van der Waals surface area contributed by atoms with E-state index in [0.29, 0.717) is 18.1 Å². The Morgan fingerprint density at radius 3 is 2.29 bits per heavy atom. The summed E-state index contributed by atoms with van der Waals surface area (Å²) in [7, 11) is 0. The van der Waals surface area contributed by atoms with Gasteiger partial charge in [0.25, 0.3) is 0 Å². The first-order valence-electron chi connectivity index (χ1n) is 8.36. The Kier molecular flexibility index (Phi) is 4.77. The van der Waals surface area contributed by atoms with Gasteiger partial charge in [-0.2, -0.15) is 4.39 Å². The molecule has 3 heteroatoms. The summed E-state index contributed by atoms with van der Waals surface area (Å²) in [5, 5.41) is 0. The summed E-state index contributed by atoms with van der Waals surface area (Å²) in [6.07, 6.45) is 10.2. The van der Waals surface area contributed by atoms with Gasteiger partial charge in [0.05, 0.1) is 6.61 Å². The lowest BCUT2D eigenvalue weighted by atomic mass is 9.97. The molecule has 2 aliphatic rings. The first kappa shape index (κ1) is 14.8. The van der Waals surface area contributed by atoms with Crippen molar-refractivity contribution in [2.24, 2.45) is 5.92 Å². The molecule has 0 unspecified atom stereocenters. The lowest BCUT2D eigenvalue weighted by Gasteiger charge is -2.15. The number of halogens is 2. The van der Waals surface area contributed by atoms with Crippen molar-refractivity contribution in [1.29, 1.82) is 0 Å². The Morgan fingerprint density at radius 2 is 1.57 bits per heavy atom. The molecule has 0 radical (unpaired) electrons. The van der Waals surface area contributed by atoms with Crippen molar-refractivity contribution in [3.8, 4) is 5.75 Å². The van der Waals surface area contributed by atoms with Crippen LogP contribution < -0.4 is 4.74 Å². The van der Waals surface area contributed by atoms with Crippen molar-refractivity contribution in [2.45, 2.75) is 63.7 Å². The molecule has 3 rings (SSSR count). The summed E-state index contributed by atoms with van der Waals surface area (Å²) < 4.78 is 33.8. The van der Waals surface area contributed by atoms with Gasteiger partial charge >= 0.3 is 0 Å². The van der Waals surface area contributed by atoms with Crippen LogP contribution in [-0.4, -0.2) is 6.61 Å². The van der Waals surface area contributed by atoms with E-state index in [-0.39, 0.29) is 11.7 Å². The van der Waals surface area contributed by atoms with Crippen LogP contribution in [0.5, 0.6) is 5.75 Å². The molecule has 0 bridgehead atoms. The third-order valence-corrected chi connectivity index (χ3v) is 5.13. The minimum atomic E-state index is -0.800. The maximum absolute atomic E-state index is 14.2. The smallest absolute Gasteiger partial charge is 0.200 e. The quantitative estimate of drug-likeness (QED) is 0.688. The van der Waals surface area contributed by atoms with Gasteiger partial charge in [-0.3, -0.25) is 0 Å². The number of ether oxygens (including phenoxy) is 1. The van der Waals surface area contributed by atoms with Gasteiger partial charge in [-0.25, -0.2) is 4.39 Å². The summed E-state index contributed by atoms with van der Waals surface area (Å²) >= 11 is 0. The van der Waals surface area contributed by atoms with E-state index in [0.717, 1.165) is 32.1 Å². The van der Waals surface area contributed by atoms with Gasteiger partial charge in [-0.05, 0) is 42.7 Å². The zero-order valence-corrected chi connectivity index (χ0v) is 12.5. The number of hydrogen-bond donors (Lipinski definition) is 0. The van der Waals surface area contributed by atoms with E-state index in [2.05, 4.69) is 0 Å². The highest BCUT2D eigenvalue weighted by Crippen LogP contribution is 2.37. The van der Waals surface area contributed by atoms with E-state index >= 15 is 0 Å². The third-order valence-electron chi connectivity index (χ3n) is 5.13. The number of hydrogen-bond acceptors (Lipinski definition) is 1. The molecule has 21 heavy (non-hydrogen) atoms. The summed E-state index contributed by atoms with van der Waals surface area (Å²) in [4.78, 5) is 0. The minimum absolute atomic E-state index is 0.0762. The molecule has 2 fully saturated rings. The van der Waals surface area contributed by atoms with Crippen LogP contribution in [-0.2, 0) is 0 Å². The van der Waals surface area contributed by atoms with E-state index in [1.165, 1.54) is 25.7 Å². The molecule has 0 aromatic heterocycles. The summed E-state index contributed by atoms with van der Waals surface area (Å²) in [6, 6.07) is 3.33. The number of rotatable bonds is 5. The Bertz CT molecular complexity index is 474. The van der Waals surface area contributed by atoms with Crippen LogP contribution in [0.2, 0.25) is 0 Å². The Balaban J connectivity index is 1.61. The molecule has 0 atom stereocenters. The first-order chi connectivity index (χ1) is 10.3. The third kappa shape index (κ3) is 3.38. The lowest BCUT2D eigenvalue weighted by molar-refractivity contribution is 0.263. The van der Waals surface area contributed by atoms with Gasteiger partial charge in [-0.15, -0.1) is 0 Å². The van der Waals surface area contributed by atoms with Gasteiger partial charge in [0.15, 0.2) is 11.6 Å². The van der Waals surface area contributed by atoms with Crippen LogP contribution in [0.3, 0.4) is 0 Å². The molecule has 0 amide bonds.